The van der Waals surface area contributed by atoms with E-state index in [1.54, 1.807) is 12.3 Å². The minimum atomic E-state index is -4.36. The van der Waals surface area contributed by atoms with Gasteiger partial charge in [-0.25, -0.2) is 0 Å². The molecule has 0 spiro atoms. The highest BCUT2D eigenvalue weighted by molar-refractivity contribution is 5.94. The molecule has 5 rings (SSSR count). The summed E-state index contributed by atoms with van der Waals surface area (Å²) in [4.78, 5) is 19.6. The Morgan fingerprint density at radius 2 is 2.00 bits per heavy atom. The van der Waals surface area contributed by atoms with Crippen LogP contribution in [0.1, 0.15) is 69.4 Å². The molecule has 1 fully saturated rings. The third kappa shape index (κ3) is 3.89. The summed E-state index contributed by atoms with van der Waals surface area (Å²) in [7, 11) is 0. The SMILES string of the molecule is O=C(c1n[nH]c2c1CCC2)N1CCC[C@H]1c1ccc(Cc2cccc(C(F)(F)F)c2)cn1. The van der Waals surface area contributed by atoms with E-state index in [9.17, 15) is 18.0 Å². The lowest BCUT2D eigenvalue weighted by atomic mass is 10.0. The summed E-state index contributed by atoms with van der Waals surface area (Å²) >= 11 is 0. The number of rotatable bonds is 4. The number of H-pyrrole nitrogens is 1. The van der Waals surface area contributed by atoms with Gasteiger partial charge in [-0.05, 0) is 61.8 Å². The van der Waals surface area contributed by atoms with Crippen molar-refractivity contribution in [3.05, 3.63) is 81.9 Å². The number of aryl methyl sites for hydroxylation is 1. The van der Waals surface area contributed by atoms with Gasteiger partial charge in [-0.3, -0.25) is 14.9 Å². The molecule has 2 aromatic heterocycles. The first kappa shape index (κ1) is 20.7. The molecule has 1 aliphatic heterocycles. The van der Waals surface area contributed by atoms with E-state index in [1.807, 2.05) is 17.0 Å². The van der Waals surface area contributed by atoms with Crippen LogP contribution in [-0.2, 0) is 25.4 Å². The summed E-state index contributed by atoms with van der Waals surface area (Å²) in [5.41, 5.74) is 4.21. The summed E-state index contributed by atoms with van der Waals surface area (Å²) in [5.74, 6) is -0.0539. The third-order valence-electron chi connectivity index (χ3n) is 6.37. The lowest BCUT2D eigenvalue weighted by Gasteiger charge is -2.24. The second-order valence-corrected chi connectivity index (χ2v) is 8.51. The topological polar surface area (TPSA) is 61.9 Å². The van der Waals surface area contributed by atoms with Crippen LogP contribution in [0, 0.1) is 0 Å². The molecule has 1 aliphatic carbocycles. The molecule has 2 aliphatic rings. The number of amides is 1. The second-order valence-electron chi connectivity index (χ2n) is 8.51. The van der Waals surface area contributed by atoms with Gasteiger partial charge in [-0.2, -0.15) is 18.3 Å². The molecule has 1 atom stereocenters. The number of halogens is 3. The first-order chi connectivity index (χ1) is 15.4. The van der Waals surface area contributed by atoms with Crippen molar-refractivity contribution in [3.8, 4) is 0 Å². The Hall–Kier alpha value is -3.16. The molecular weight excluding hydrogens is 417 g/mol. The zero-order valence-electron chi connectivity index (χ0n) is 17.5. The molecule has 0 bridgehead atoms. The summed E-state index contributed by atoms with van der Waals surface area (Å²) in [6.07, 6.45) is 2.30. The smallest absolute Gasteiger partial charge is 0.329 e. The van der Waals surface area contributed by atoms with Crippen molar-refractivity contribution >= 4 is 5.91 Å². The van der Waals surface area contributed by atoms with Crippen LogP contribution in [0.4, 0.5) is 13.2 Å². The Bertz CT molecular complexity index is 1140. The number of alkyl halides is 3. The van der Waals surface area contributed by atoms with Crippen LogP contribution in [0.25, 0.3) is 0 Å². The molecule has 3 heterocycles. The molecule has 1 aromatic carbocycles. The summed E-state index contributed by atoms with van der Waals surface area (Å²) in [6.45, 7) is 0.665. The molecule has 1 saturated heterocycles. The number of fused-ring (bicyclic) bond motifs is 1. The maximum Gasteiger partial charge on any atom is 0.416 e. The van der Waals surface area contributed by atoms with Crippen LogP contribution in [0.5, 0.6) is 0 Å². The van der Waals surface area contributed by atoms with Crippen molar-refractivity contribution < 1.29 is 18.0 Å². The minimum Gasteiger partial charge on any atom is -0.329 e. The Morgan fingerprint density at radius 1 is 1.12 bits per heavy atom. The third-order valence-corrected chi connectivity index (χ3v) is 6.37. The average molecular weight is 440 g/mol. The Balaban J connectivity index is 1.32. The number of hydrogen-bond acceptors (Lipinski definition) is 3. The van der Waals surface area contributed by atoms with Gasteiger partial charge in [0.25, 0.3) is 5.91 Å². The number of pyridine rings is 1. The molecule has 0 unspecified atom stereocenters. The van der Waals surface area contributed by atoms with Gasteiger partial charge in [0.15, 0.2) is 5.69 Å². The van der Waals surface area contributed by atoms with Gasteiger partial charge in [-0.1, -0.05) is 24.3 Å². The number of nitrogens with zero attached hydrogens (tertiary/aromatic N) is 3. The van der Waals surface area contributed by atoms with Crippen molar-refractivity contribution in [2.24, 2.45) is 0 Å². The maximum absolute atomic E-state index is 13.2. The number of hydrogen-bond donors (Lipinski definition) is 1. The lowest BCUT2D eigenvalue weighted by Crippen LogP contribution is -2.31. The van der Waals surface area contributed by atoms with Crippen LogP contribution in [0.3, 0.4) is 0 Å². The van der Waals surface area contributed by atoms with E-state index in [0.717, 1.165) is 60.7 Å². The fourth-order valence-electron chi connectivity index (χ4n) is 4.78. The maximum atomic E-state index is 13.2. The standard InChI is InChI=1S/C24H23F3N4O/c25-24(26,27)17-5-1-4-15(13-17)12-16-9-10-20(28-14-16)21-8-3-11-31(21)23(32)22-18-6-2-7-19(18)29-30-22/h1,4-5,9-10,13-14,21H,2-3,6-8,11-12H2,(H,29,30)/t21-/m0/s1. The van der Waals surface area contributed by atoms with E-state index < -0.39 is 11.7 Å². The monoisotopic (exact) mass is 440 g/mol. The van der Waals surface area contributed by atoms with Crippen molar-refractivity contribution in [3.63, 3.8) is 0 Å². The number of likely N-dealkylation sites (tertiary alicyclic amines) is 1. The molecule has 3 aromatic rings. The highest BCUT2D eigenvalue weighted by atomic mass is 19.4. The summed E-state index contributed by atoms with van der Waals surface area (Å²) in [6, 6.07) is 9.01. The molecule has 0 radical (unpaired) electrons. The van der Waals surface area contributed by atoms with Crippen LogP contribution >= 0.6 is 0 Å². The normalized spacial score (nSPS) is 18.2. The molecule has 1 amide bonds. The second kappa shape index (κ2) is 8.07. The van der Waals surface area contributed by atoms with Crippen molar-refractivity contribution in [2.75, 3.05) is 6.54 Å². The van der Waals surface area contributed by atoms with Crippen molar-refractivity contribution in [1.29, 1.82) is 0 Å². The Kier molecular flexibility index (Phi) is 5.23. The minimum absolute atomic E-state index is 0.0539. The number of aromatic amines is 1. The van der Waals surface area contributed by atoms with Crippen LogP contribution in [-0.4, -0.2) is 32.5 Å². The molecular formula is C24H23F3N4O. The quantitative estimate of drug-likeness (QED) is 0.629. The van der Waals surface area contributed by atoms with E-state index in [1.165, 1.54) is 12.1 Å². The van der Waals surface area contributed by atoms with Gasteiger partial charge >= 0.3 is 6.18 Å². The number of carbonyl (C=O) groups is 1. The van der Waals surface area contributed by atoms with E-state index >= 15 is 0 Å². The first-order valence-corrected chi connectivity index (χ1v) is 10.9. The van der Waals surface area contributed by atoms with E-state index in [2.05, 4.69) is 15.2 Å². The zero-order valence-corrected chi connectivity index (χ0v) is 17.5. The van der Waals surface area contributed by atoms with E-state index in [-0.39, 0.29) is 11.9 Å². The van der Waals surface area contributed by atoms with Gasteiger partial charge in [0, 0.05) is 24.0 Å². The highest BCUT2D eigenvalue weighted by Crippen LogP contribution is 2.34. The zero-order chi connectivity index (χ0) is 22.3. The van der Waals surface area contributed by atoms with Gasteiger partial charge in [0.1, 0.15) is 0 Å². The predicted octanol–water partition coefficient (Wildman–Crippen LogP) is 4.88. The van der Waals surface area contributed by atoms with E-state index in [0.29, 0.717) is 24.2 Å². The van der Waals surface area contributed by atoms with E-state index in [4.69, 9.17) is 0 Å². The largest absolute Gasteiger partial charge is 0.416 e. The van der Waals surface area contributed by atoms with Gasteiger partial charge < -0.3 is 4.90 Å². The highest BCUT2D eigenvalue weighted by Gasteiger charge is 2.35. The molecule has 32 heavy (non-hydrogen) atoms. The van der Waals surface area contributed by atoms with Gasteiger partial charge in [0.2, 0.25) is 0 Å². The molecule has 5 nitrogen and oxygen atoms in total. The molecule has 1 N–H and O–H groups in total. The van der Waals surface area contributed by atoms with Crippen LogP contribution in [0.15, 0.2) is 42.6 Å². The average Bonchev–Trinajstić information content (AvgIpc) is 3.50. The van der Waals surface area contributed by atoms with Crippen molar-refractivity contribution in [2.45, 2.75) is 50.7 Å². The first-order valence-electron chi connectivity index (χ1n) is 10.9. The Morgan fingerprint density at radius 3 is 2.78 bits per heavy atom. The number of benzene rings is 1. The number of carbonyl (C=O) groups excluding carboxylic acids is 1. The fourth-order valence-corrected chi connectivity index (χ4v) is 4.78. The van der Waals surface area contributed by atoms with Gasteiger partial charge in [0.05, 0.1) is 17.3 Å². The van der Waals surface area contributed by atoms with Crippen LogP contribution in [0.2, 0.25) is 0 Å². The van der Waals surface area contributed by atoms with Gasteiger partial charge in [-0.15, -0.1) is 0 Å². The number of aromatic nitrogens is 3. The lowest BCUT2D eigenvalue weighted by molar-refractivity contribution is -0.137. The number of nitrogens with one attached hydrogen (secondary N) is 1. The fraction of sp³-hybridized carbons (Fsp3) is 0.375. The van der Waals surface area contributed by atoms with Crippen molar-refractivity contribution in [1.82, 2.24) is 20.1 Å². The predicted molar refractivity (Wildman–Crippen MR) is 112 cm³/mol. The Labute approximate surface area is 183 Å². The van der Waals surface area contributed by atoms with Crippen LogP contribution < -0.4 is 0 Å². The molecule has 166 valence electrons. The summed E-state index contributed by atoms with van der Waals surface area (Å²) < 4.78 is 38.9. The summed E-state index contributed by atoms with van der Waals surface area (Å²) in [5, 5.41) is 7.28. The molecule has 8 heteroatoms. The molecule has 0 saturated carbocycles.